The first-order valence-electron chi connectivity index (χ1n) is 8.52. The van der Waals surface area contributed by atoms with Crippen molar-refractivity contribution in [3.05, 3.63) is 76.9 Å². The second kappa shape index (κ2) is 6.35. The van der Waals surface area contributed by atoms with Gasteiger partial charge in [0, 0.05) is 17.8 Å². The van der Waals surface area contributed by atoms with Crippen LogP contribution >= 0.6 is 0 Å². The zero-order valence-electron chi connectivity index (χ0n) is 14.6. The molecule has 1 aromatic heterocycles. The van der Waals surface area contributed by atoms with E-state index in [0.717, 1.165) is 11.3 Å². The van der Waals surface area contributed by atoms with E-state index < -0.39 is 11.7 Å². The van der Waals surface area contributed by atoms with Gasteiger partial charge in [-0.1, -0.05) is 24.3 Å². The number of primary amides is 1. The van der Waals surface area contributed by atoms with Crippen molar-refractivity contribution in [3.63, 3.8) is 0 Å². The molecule has 0 radical (unpaired) electrons. The van der Waals surface area contributed by atoms with Gasteiger partial charge in [-0.3, -0.25) is 9.59 Å². The Morgan fingerprint density at radius 2 is 1.96 bits per heavy atom. The molecule has 0 aliphatic carbocycles. The van der Waals surface area contributed by atoms with Gasteiger partial charge in [0.1, 0.15) is 11.5 Å². The summed E-state index contributed by atoms with van der Waals surface area (Å²) in [7, 11) is 0. The molecule has 2 N–H and O–H groups in total. The number of carbonyl (C=O) groups excluding carboxylic acids is 2. The zero-order chi connectivity index (χ0) is 19.1. The molecule has 0 atom stereocenters. The highest BCUT2D eigenvalue weighted by atomic mass is 19.1. The maximum Gasteiger partial charge on any atom is 0.277 e. The Bertz CT molecular complexity index is 1070. The molecule has 0 saturated carbocycles. The number of aromatic nitrogens is 2. The number of nitrogens with zero attached hydrogens (tertiary/aromatic N) is 3. The molecule has 0 fully saturated rings. The smallest absolute Gasteiger partial charge is 0.277 e. The molecule has 0 bridgehead atoms. The van der Waals surface area contributed by atoms with E-state index in [2.05, 4.69) is 5.10 Å². The lowest BCUT2D eigenvalue weighted by Gasteiger charge is -2.29. The number of carbonyl (C=O) groups is 2. The number of benzene rings is 2. The van der Waals surface area contributed by atoms with Crippen LogP contribution in [0.2, 0.25) is 0 Å². The van der Waals surface area contributed by atoms with Crippen LogP contribution in [0.3, 0.4) is 0 Å². The average Bonchev–Trinajstić information content (AvgIpc) is 3.04. The van der Waals surface area contributed by atoms with Gasteiger partial charge in [0.25, 0.3) is 11.8 Å². The molecule has 0 saturated heterocycles. The predicted molar refractivity (Wildman–Crippen MR) is 98.6 cm³/mol. The molecule has 7 heteroatoms. The molecule has 0 unspecified atom stereocenters. The number of rotatable bonds is 3. The van der Waals surface area contributed by atoms with E-state index in [1.165, 1.54) is 22.9 Å². The fourth-order valence-electron chi connectivity index (χ4n) is 3.45. The molecule has 1 aliphatic heterocycles. The standard InChI is InChI=1S/C20H17FN4O2/c1-12-5-2-3-8-16(12)24-10-9-15-17(19(22)26)23-25(18(15)20(24)27)14-7-4-6-13(21)11-14/h2-8,11H,9-10H2,1H3,(H2,22,26). The van der Waals surface area contributed by atoms with E-state index in [4.69, 9.17) is 5.73 Å². The van der Waals surface area contributed by atoms with Crippen LogP contribution in [0.15, 0.2) is 48.5 Å². The molecule has 1 aliphatic rings. The molecule has 4 rings (SSSR count). The number of amides is 2. The highest BCUT2D eigenvalue weighted by Crippen LogP contribution is 2.30. The fraction of sp³-hybridized carbons (Fsp3) is 0.150. The minimum atomic E-state index is -0.710. The zero-order valence-corrected chi connectivity index (χ0v) is 14.6. The topological polar surface area (TPSA) is 81.2 Å². The Balaban J connectivity index is 1.90. The second-order valence-electron chi connectivity index (χ2n) is 6.42. The van der Waals surface area contributed by atoms with E-state index in [0.29, 0.717) is 24.2 Å². The molecular formula is C20H17FN4O2. The van der Waals surface area contributed by atoms with Gasteiger partial charge in [-0.05, 0) is 43.2 Å². The summed E-state index contributed by atoms with van der Waals surface area (Å²) >= 11 is 0. The van der Waals surface area contributed by atoms with E-state index in [1.54, 1.807) is 11.0 Å². The Morgan fingerprint density at radius 1 is 1.19 bits per heavy atom. The first-order valence-corrected chi connectivity index (χ1v) is 8.52. The summed E-state index contributed by atoms with van der Waals surface area (Å²) in [5.41, 5.74) is 8.36. The van der Waals surface area contributed by atoms with E-state index >= 15 is 0 Å². The minimum Gasteiger partial charge on any atom is -0.364 e. The first kappa shape index (κ1) is 17.0. The van der Waals surface area contributed by atoms with Crippen LogP contribution in [0.1, 0.15) is 32.1 Å². The lowest BCUT2D eigenvalue weighted by molar-refractivity contribution is 0.0972. The SMILES string of the molecule is Cc1ccccc1N1CCc2c(C(N)=O)nn(-c3cccc(F)c3)c2C1=O. The van der Waals surface area contributed by atoms with Crippen LogP contribution in [-0.4, -0.2) is 28.1 Å². The molecule has 2 amide bonds. The van der Waals surface area contributed by atoms with Crippen molar-refractivity contribution in [3.8, 4) is 5.69 Å². The number of hydrogen-bond donors (Lipinski definition) is 1. The second-order valence-corrected chi connectivity index (χ2v) is 6.42. The Hall–Kier alpha value is -3.48. The quantitative estimate of drug-likeness (QED) is 0.776. The third-order valence-corrected chi connectivity index (χ3v) is 4.71. The van der Waals surface area contributed by atoms with Crippen molar-refractivity contribution in [2.75, 3.05) is 11.4 Å². The van der Waals surface area contributed by atoms with Crippen LogP contribution < -0.4 is 10.6 Å². The third kappa shape index (κ3) is 2.77. The van der Waals surface area contributed by atoms with E-state index in [-0.39, 0.29) is 17.3 Å². The maximum atomic E-state index is 13.7. The van der Waals surface area contributed by atoms with Crippen molar-refractivity contribution >= 4 is 17.5 Å². The van der Waals surface area contributed by atoms with Crippen molar-refractivity contribution in [2.24, 2.45) is 5.73 Å². The van der Waals surface area contributed by atoms with Gasteiger partial charge >= 0.3 is 0 Å². The molecule has 2 heterocycles. The number of nitrogens with two attached hydrogens (primary N) is 1. The Morgan fingerprint density at radius 3 is 2.67 bits per heavy atom. The molecule has 6 nitrogen and oxygen atoms in total. The van der Waals surface area contributed by atoms with Crippen molar-refractivity contribution in [2.45, 2.75) is 13.3 Å². The molecular weight excluding hydrogens is 347 g/mol. The van der Waals surface area contributed by atoms with Crippen molar-refractivity contribution in [1.29, 1.82) is 0 Å². The number of aryl methyl sites for hydroxylation is 1. The van der Waals surface area contributed by atoms with E-state index in [1.807, 2.05) is 31.2 Å². The normalized spacial score (nSPS) is 13.6. The van der Waals surface area contributed by atoms with Gasteiger partial charge in [0.15, 0.2) is 5.69 Å². The highest BCUT2D eigenvalue weighted by Gasteiger charge is 2.34. The fourth-order valence-corrected chi connectivity index (χ4v) is 3.45. The monoisotopic (exact) mass is 364 g/mol. The molecule has 0 spiro atoms. The van der Waals surface area contributed by atoms with E-state index in [9.17, 15) is 14.0 Å². The Kier molecular flexibility index (Phi) is 3.99. The summed E-state index contributed by atoms with van der Waals surface area (Å²) < 4.78 is 15.0. The number of fused-ring (bicyclic) bond motifs is 1. The highest BCUT2D eigenvalue weighted by molar-refractivity contribution is 6.09. The average molecular weight is 364 g/mol. The lowest BCUT2D eigenvalue weighted by Crippen LogP contribution is -2.39. The molecule has 2 aromatic carbocycles. The van der Waals surface area contributed by atoms with Gasteiger partial charge in [-0.25, -0.2) is 9.07 Å². The minimum absolute atomic E-state index is 0.0482. The van der Waals surface area contributed by atoms with Gasteiger partial charge in [0.05, 0.1) is 5.69 Å². The first-order chi connectivity index (χ1) is 13.0. The summed E-state index contributed by atoms with van der Waals surface area (Å²) in [6.45, 7) is 2.34. The summed E-state index contributed by atoms with van der Waals surface area (Å²) in [6.07, 6.45) is 0.434. The van der Waals surface area contributed by atoms with Crippen LogP contribution in [0.25, 0.3) is 5.69 Å². The number of anilines is 1. The summed E-state index contributed by atoms with van der Waals surface area (Å²) in [5.74, 6) is -1.47. The molecule has 136 valence electrons. The van der Waals surface area contributed by atoms with Crippen LogP contribution in [0.4, 0.5) is 10.1 Å². The summed E-state index contributed by atoms with van der Waals surface area (Å²) in [5, 5.41) is 4.23. The molecule has 27 heavy (non-hydrogen) atoms. The van der Waals surface area contributed by atoms with Gasteiger partial charge in [-0.15, -0.1) is 0 Å². The number of halogens is 1. The number of para-hydroxylation sites is 1. The van der Waals surface area contributed by atoms with Crippen LogP contribution in [0, 0.1) is 12.7 Å². The predicted octanol–water partition coefficient (Wildman–Crippen LogP) is 2.62. The van der Waals surface area contributed by atoms with Crippen molar-refractivity contribution in [1.82, 2.24) is 9.78 Å². The third-order valence-electron chi connectivity index (χ3n) is 4.71. The van der Waals surface area contributed by atoms with Gasteiger partial charge in [0.2, 0.25) is 0 Å². The van der Waals surface area contributed by atoms with Crippen LogP contribution in [0.5, 0.6) is 0 Å². The summed E-state index contributed by atoms with van der Waals surface area (Å²) in [4.78, 5) is 26.8. The van der Waals surface area contributed by atoms with Crippen molar-refractivity contribution < 1.29 is 14.0 Å². The summed E-state index contributed by atoms with van der Waals surface area (Å²) in [6, 6.07) is 13.3. The Labute approximate surface area is 155 Å². The maximum absolute atomic E-state index is 13.7. The van der Waals surface area contributed by atoms with Gasteiger partial charge < -0.3 is 10.6 Å². The van der Waals surface area contributed by atoms with Gasteiger partial charge in [-0.2, -0.15) is 5.10 Å². The van der Waals surface area contributed by atoms with Crippen LogP contribution in [-0.2, 0) is 6.42 Å². The largest absolute Gasteiger partial charge is 0.364 e. The number of hydrogen-bond acceptors (Lipinski definition) is 3. The molecule has 3 aromatic rings. The lowest BCUT2D eigenvalue weighted by atomic mass is 10.0.